The fraction of sp³-hybridized carbons (Fsp3) is 0.417. The second kappa shape index (κ2) is 9.69. The van der Waals surface area contributed by atoms with Crippen molar-refractivity contribution in [3.63, 3.8) is 0 Å². The molecule has 1 saturated heterocycles. The van der Waals surface area contributed by atoms with Gasteiger partial charge in [0.2, 0.25) is 5.91 Å². The van der Waals surface area contributed by atoms with Crippen LogP contribution in [0.3, 0.4) is 0 Å². The van der Waals surface area contributed by atoms with Crippen molar-refractivity contribution in [1.29, 1.82) is 0 Å². The van der Waals surface area contributed by atoms with E-state index in [1.807, 2.05) is 6.07 Å². The van der Waals surface area contributed by atoms with Crippen LogP contribution in [0.15, 0.2) is 42.5 Å². The molecule has 0 spiro atoms. The van der Waals surface area contributed by atoms with Gasteiger partial charge in [0, 0.05) is 31.9 Å². The summed E-state index contributed by atoms with van der Waals surface area (Å²) in [5.74, 6) is 0.0882. The Bertz CT molecular complexity index is 952. The zero-order valence-corrected chi connectivity index (χ0v) is 18.7. The number of fused-ring (bicyclic) bond motifs is 1. The van der Waals surface area contributed by atoms with Crippen molar-refractivity contribution in [2.24, 2.45) is 0 Å². The lowest BCUT2D eigenvalue weighted by Gasteiger charge is -2.33. The van der Waals surface area contributed by atoms with Gasteiger partial charge in [-0.3, -0.25) is 14.6 Å². The highest BCUT2D eigenvalue weighted by atomic mass is 32.1. The average molecular weight is 423 g/mol. The maximum atomic E-state index is 12.7. The number of nitrogens with zero attached hydrogens (tertiary/aromatic N) is 3. The number of aryl methyl sites for hydroxylation is 2. The van der Waals surface area contributed by atoms with Crippen LogP contribution in [0.25, 0.3) is 10.2 Å². The van der Waals surface area contributed by atoms with Gasteiger partial charge in [-0.1, -0.05) is 44.2 Å². The van der Waals surface area contributed by atoms with Crippen LogP contribution in [0.2, 0.25) is 0 Å². The molecule has 0 radical (unpaired) electrons. The van der Waals surface area contributed by atoms with Crippen molar-refractivity contribution in [3.8, 4) is 0 Å². The van der Waals surface area contributed by atoms with Crippen LogP contribution in [0.5, 0.6) is 0 Å². The number of aromatic nitrogens is 1. The molecule has 1 N–H and O–H groups in total. The van der Waals surface area contributed by atoms with E-state index < -0.39 is 0 Å². The van der Waals surface area contributed by atoms with Gasteiger partial charge in [-0.05, 0) is 36.1 Å². The highest BCUT2D eigenvalue weighted by molar-refractivity contribution is 7.18. The number of hydrogen-bond acceptors (Lipinski definition) is 5. The summed E-state index contributed by atoms with van der Waals surface area (Å²) in [6, 6.07) is 14.6. The highest BCUT2D eigenvalue weighted by Gasteiger charge is 2.21. The predicted octanol–water partition coefficient (Wildman–Crippen LogP) is 4.18. The first kappa shape index (κ1) is 21.0. The van der Waals surface area contributed by atoms with E-state index in [1.54, 1.807) is 11.3 Å². The molecule has 3 aromatic rings. The maximum absolute atomic E-state index is 12.7. The van der Waals surface area contributed by atoms with Gasteiger partial charge in [0.05, 0.1) is 23.3 Å². The normalized spacial score (nSPS) is 15.5. The van der Waals surface area contributed by atoms with Gasteiger partial charge >= 0.3 is 0 Å². The SMILES string of the molecule is CCc1cccc(CC)c1NC(=O)CN1CCN(Cc2nc3ccccc3s2)CC1. The minimum atomic E-state index is 0.0882. The number of piperazine rings is 1. The van der Waals surface area contributed by atoms with Crippen molar-refractivity contribution >= 4 is 33.1 Å². The van der Waals surface area contributed by atoms with Crippen LogP contribution in [-0.2, 0) is 24.2 Å². The van der Waals surface area contributed by atoms with Crippen LogP contribution in [0, 0.1) is 0 Å². The van der Waals surface area contributed by atoms with E-state index in [9.17, 15) is 4.79 Å². The minimum absolute atomic E-state index is 0.0882. The molecule has 0 atom stereocenters. The lowest BCUT2D eigenvalue weighted by Crippen LogP contribution is -2.48. The summed E-state index contributed by atoms with van der Waals surface area (Å²) < 4.78 is 1.25. The summed E-state index contributed by atoms with van der Waals surface area (Å²) in [6.07, 6.45) is 1.85. The maximum Gasteiger partial charge on any atom is 0.238 e. The molecule has 158 valence electrons. The summed E-state index contributed by atoms with van der Waals surface area (Å²) >= 11 is 1.78. The lowest BCUT2D eigenvalue weighted by atomic mass is 10.0. The zero-order chi connectivity index (χ0) is 20.9. The van der Waals surface area contributed by atoms with E-state index in [2.05, 4.69) is 65.4 Å². The molecule has 0 saturated carbocycles. The van der Waals surface area contributed by atoms with Crippen molar-refractivity contribution in [2.45, 2.75) is 33.2 Å². The van der Waals surface area contributed by atoms with Gasteiger partial charge in [0.15, 0.2) is 0 Å². The molecular formula is C24H30N4OS. The monoisotopic (exact) mass is 422 g/mol. The number of rotatable bonds is 7. The standard InChI is InChI=1S/C24H30N4OS/c1-3-18-8-7-9-19(4-2)24(18)26-22(29)16-27-12-14-28(15-13-27)17-23-25-20-10-5-6-11-21(20)30-23/h5-11H,3-4,12-17H2,1-2H3,(H,26,29). The predicted molar refractivity (Wildman–Crippen MR) is 125 cm³/mol. The third kappa shape index (κ3) is 4.89. The number of carbonyl (C=O) groups is 1. The molecule has 6 heteroatoms. The molecule has 1 fully saturated rings. The molecule has 1 aromatic heterocycles. The van der Waals surface area contributed by atoms with Gasteiger partial charge in [0.1, 0.15) is 5.01 Å². The number of nitrogens with one attached hydrogen (secondary N) is 1. The summed E-state index contributed by atoms with van der Waals surface area (Å²) in [7, 11) is 0. The number of anilines is 1. The van der Waals surface area contributed by atoms with E-state index in [-0.39, 0.29) is 5.91 Å². The number of hydrogen-bond donors (Lipinski definition) is 1. The second-order valence-electron chi connectivity index (χ2n) is 7.83. The Balaban J connectivity index is 1.29. The Morgan fingerprint density at radius 3 is 2.30 bits per heavy atom. The van der Waals surface area contributed by atoms with Gasteiger partial charge in [-0.2, -0.15) is 0 Å². The molecule has 1 amide bonds. The molecule has 1 aliphatic rings. The van der Waals surface area contributed by atoms with Crippen molar-refractivity contribution in [2.75, 3.05) is 38.0 Å². The quantitative estimate of drug-likeness (QED) is 0.621. The third-order valence-electron chi connectivity index (χ3n) is 5.79. The largest absolute Gasteiger partial charge is 0.324 e. The molecule has 30 heavy (non-hydrogen) atoms. The van der Waals surface area contributed by atoms with E-state index in [0.717, 1.165) is 56.8 Å². The molecule has 2 aromatic carbocycles. The summed E-state index contributed by atoms with van der Waals surface area (Å²) in [6.45, 7) is 9.37. The van der Waals surface area contributed by atoms with E-state index >= 15 is 0 Å². The number of para-hydroxylation sites is 2. The van der Waals surface area contributed by atoms with Crippen molar-refractivity contribution in [1.82, 2.24) is 14.8 Å². The molecule has 1 aliphatic heterocycles. The first-order valence-corrected chi connectivity index (χ1v) is 11.7. The number of benzene rings is 2. The van der Waals surface area contributed by atoms with Crippen LogP contribution < -0.4 is 5.32 Å². The van der Waals surface area contributed by atoms with Gasteiger partial charge in [0.25, 0.3) is 0 Å². The molecule has 4 rings (SSSR count). The Morgan fingerprint density at radius 2 is 1.63 bits per heavy atom. The summed E-state index contributed by atoms with van der Waals surface area (Å²) in [4.78, 5) is 22.2. The fourth-order valence-electron chi connectivity index (χ4n) is 4.07. The van der Waals surface area contributed by atoms with E-state index in [0.29, 0.717) is 6.54 Å². The molecular weight excluding hydrogens is 392 g/mol. The number of carbonyl (C=O) groups excluding carboxylic acids is 1. The van der Waals surface area contributed by atoms with Gasteiger partial charge < -0.3 is 5.32 Å². The van der Waals surface area contributed by atoms with Crippen molar-refractivity contribution in [3.05, 3.63) is 58.6 Å². The summed E-state index contributed by atoms with van der Waals surface area (Å²) in [5, 5.41) is 4.36. The molecule has 0 aliphatic carbocycles. The highest BCUT2D eigenvalue weighted by Crippen LogP contribution is 2.24. The van der Waals surface area contributed by atoms with E-state index in [4.69, 9.17) is 4.98 Å². The molecule has 0 bridgehead atoms. The topological polar surface area (TPSA) is 48.5 Å². The van der Waals surface area contributed by atoms with Gasteiger partial charge in [-0.15, -0.1) is 11.3 Å². The number of thiazole rings is 1. The van der Waals surface area contributed by atoms with Crippen LogP contribution in [-0.4, -0.2) is 53.4 Å². The molecule has 0 unspecified atom stereocenters. The first-order valence-electron chi connectivity index (χ1n) is 10.9. The van der Waals surface area contributed by atoms with Crippen LogP contribution in [0.1, 0.15) is 30.0 Å². The van der Waals surface area contributed by atoms with Crippen molar-refractivity contribution < 1.29 is 4.79 Å². The Labute approximate surface area is 182 Å². The van der Waals surface area contributed by atoms with Crippen LogP contribution in [0.4, 0.5) is 5.69 Å². The van der Waals surface area contributed by atoms with Gasteiger partial charge in [-0.25, -0.2) is 4.98 Å². The smallest absolute Gasteiger partial charge is 0.238 e. The average Bonchev–Trinajstić information content (AvgIpc) is 3.17. The summed E-state index contributed by atoms with van der Waals surface area (Å²) in [5.41, 5.74) is 4.53. The van der Waals surface area contributed by atoms with Crippen LogP contribution >= 0.6 is 11.3 Å². The second-order valence-corrected chi connectivity index (χ2v) is 8.95. The zero-order valence-electron chi connectivity index (χ0n) is 17.9. The lowest BCUT2D eigenvalue weighted by molar-refractivity contribution is -0.117. The molecule has 5 nitrogen and oxygen atoms in total. The Kier molecular flexibility index (Phi) is 6.77. The minimum Gasteiger partial charge on any atom is -0.324 e. The fourth-order valence-corrected chi connectivity index (χ4v) is 5.08. The number of amides is 1. The first-order chi connectivity index (χ1) is 14.7. The molecule has 2 heterocycles. The Hall–Kier alpha value is -2.28. The van der Waals surface area contributed by atoms with E-state index in [1.165, 1.54) is 20.8 Å². The third-order valence-corrected chi connectivity index (χ3v) is 6.81. The Morgan fingerprint density at radius 1 is 0.967 bits per heavy atom.